The Bertz CT molecular complexity index is 1290. The molecule has 1 N–H and O–H groups in total. The lowest BCUT2D eigenvalue weighted by molar-refractivity contribution is -0.274. The van der Waals surface area contributed by atoms with E-state index in [4.69, 9.17) is 18.3 Å². The molecule has 0 spiro atoms. The first kappa shape index (κ1) is 31.1. The van der Waals surface area contributed by atoms with Gasteiger partial charge in [-0.25, -0.2) is 14.9 Å². The largest absolute Gasteiger partial charge is 0.573 e. The maximum Gasteiger partial charge on any atom is 0.573 e. The number of methoxy groups -OCH3 is 1. The Morgan fingerprint density at radius 2 is 2.00 bits per heavy atom. The van der Waals surface area contributed by atoms with E-state index in [0.29, 0.717) is 43.5 Å². The second-order valence-corrected chi connectivity index (χ2v) is 9.90. The van der Waals surface area contributed by atoms with Crippen molar-refractivity contribution in [1.29, 1.82) is 0 Å². The van der Waals surface area contributed by atoms with E-state index in [9.17, 15) is 13.2 Å². The lowest BCUT2D eigenvalue weighted by Crippen LogP contribution is -2.61. The van der Waals surface area contributed by atoms with Crippen LogP contribution >= 0.6 is 25.7 Å². The molecule has 2 aliphatic rings. The predicted molar refractivity (Wildman–Crippen MR) is 149 cm³/mol. The summed E-state index contributed by atoms with van der Waals surface area (Å²) in [5.41, 5.74) is 3.56. The Kier molecular flexibility index (Phi) is 10.1. The van der Waals surface area contributed by atoms with Crippen LogP contribution < -0.4 is 19.9 Å². The first-order valence-corrected chi connectivity index (χ1v) is 13.0. The van der Waals surface area contributed by atoms with Gasteiger partial charge < -0.3 is 23.6 Å². The number of halogens is 4. The molecular weight excluding hydrogens is 590 g/mol. The Morgan fingerprint density at radius 1 is 1.17 bits per heavy atom. The average molecular weight is 620 g/mol. The van der Waals surface area contributed by atoms with Crippen LogP contribution in [0.3, 0.4) is 0 Å². The van der Waals surface area contributed by atoms with Gasteiger partial charge in [-0.15, -0.1) is 13.2 Å². The summed E-state index contributed by atoms with van der Waals surface area (Å²) in [5.74, 6) is -0.173. The number of fused-ring (bicyclic) bond motifs is 1. The zero-order chi connectivity index (χ0) is 28.3. The maximum absolute atomic E-state index is 15.5. The summed E-state index contributed by atoms with van der Waals surface area (Å²) in [7, 11) is 3.34. The SMILES string of the molecule is COc1cc(-c2cccc(OC(F)(F)F)c2)c(F)cc1N1CCOC2CN(N(C)SONc3ccon3)CCC21.S. The minimum atomic E-state index is -4.85. The number of hydrogen-bond acceptors (Lipinski definition) is 11. The summed E-state index contributed by atoms with van der Waals surface area (Å²) < 4.78 is 81.2. The van der Waals surface area contributed by atoms with Crippen LogP contribution in [0.15, 0.2) is 53.3 Å². The number of ether oxygens (including phenoxy) is 3. The highest BCUT2D eigenvalue weighted by Crippen LogP contribution is 2.40. The number of hydrazine groups is 1. The fourth-order valence-corrected chi connectivity index (χ4v) is 5.34. The first-order valence-electron chi connectivity index (χ1n) is 12.3. The molecule has 0 aliphatic carbocycles. The molecule has 2 aliphatic heterocycles. The number of hydrogen-bond donors (Lipinski definition) is 1. The Hall–Kier alpha value is -2.89. The van der Waals surface area contributed by atoms with Gasteiger partial charge in [0, 0.05) is 44.4 Å². The molecule has 3 aromatic rings. The lowest BCUT2D eigenvalue weighted by Gasteiger charge is -2.49. The smallest absolute Gasteiger partial charge is 0.495 e. The van der Waals surface area contributed by atoms with Gasteiger partial charge in [-0.3, -0.25) is 0 Å². The molecule has 0 amide bonds. The van der Waals surface area contributed by atoms with E-state index in [1.165, 1.54) is 37.6 Å². The topological polar surface area (TPSA) is 84.7 Å². The summed E-state index contributed by atoms with van der Waals surface area (Å²) in [6.45, 7) is 2.22. The van der Waals surface area contributed by atoms with Crippen LogP contribution in [-0.2, 0) is 9.02 Å². The zero-order valence-corrected chi connectivity index (χ0v) is 23.9. The Morgan fingerprint density at radius 3 is 2.73 bits per heavy atom. The van der Waals surface area contributed by atoms with Gasteiger partial charge in [-0.1, -0.05) is 17.3 Å². The molecule has 0 saturated carbocycles. The molecule has 2 fully saturated rings. The molecule has 0 radical (unpaired) electrons. The van der Waals surface area contributed by atoms with Crippen LogP contribution in [0.4, 0.5) is 29.1 Å². The number of alkyl halides is 3. The zero-order valence-electron chi connectivity index (χ0n) is 22.1. The van der Waals surface area contributed by atoms with Gasteiger partial charge in [0.2, 0.25) is 0 Å². The highest BCUT2D eigenvalue weighted by atomic mass is 32.2. The number of nitrogens with zero attached hydrogens (tertiary/aromatic N) is 4. The minimum Gasteiger partial charge on any atom is -0.495 e. The van der Waals surface area contributed by atoms with Gasteiger partial charge in [-0.2, -0.15) is 22.2 Å². The molecule has 2 atom stereocenters. The van der Waals surface area contributed by atoms with Crippen molar-refractivity contribution >= 4 is 37.2 Å². The van der Waals surface area contributed by atoms with Crippen molar-refractivity contribution in [2.75, 3.05) is 50.8 Å². The second kappa shape index (κ2) is 13.4. The molecule has 1 aromatic heterocycles. The van der Waals surface area contributed by atoms with Crippen LogP contribution in [0, 0.1) is 5.82 Å². The number of morpholine rings is 1. The molecule has 16 heteroatoms. The number of rotatable bonds is 9. The van der Waals surface area contributed by atoms with Gasteiger partial charge in [0.1, 0.15) is 35.8 Å². The van der Waals surface area contributed by atoms with Gasteiger partial charge in [0.15, 0.2) is 5.82 Å². The summed E-state index contributed by atoms with van der Waals surface area (Å²) in [5, 5.41) is 5.79. The van der Waals surface area contributed by atoms with Crippen molar-refractivity contribution in [3.8, 4) is 22.6 Å². The van der Waals surface area contributed by atoms with E-state index in [1.54, 1.807) is 6.07 Å². The number of anilines is 2. The van der Waals surface area contributed by atoms with Gasteiger partial charge >= 0.3 is 6.36 Å². The molecule has 41 heavy (non-hydrogen) atoms. The molecule has 0 bridgehead atoms. The van der Waals surface area contributed by atoms with E-state index in [-0.39, 0.29) is 36.8 Å². The van der Waals surface area contributed by atoms with Gasteiger partial charge in [0.25, 0.3) is 0 Å². The third-order valence-corrected chi connectivity index (χ3v) is 7.26. The van der Waals surface area contributed by atoms with E-state index in [1.807, 2.05) is 11.5 Å². The normalized spacial score (nSPS) is 19.4. The van der Waals surface area contributed by atoms with Crippen molar-refractivity contribution in [3.05, 3.63) is 54.5 Å². The monoisotopic (exact) mass is 619 g/mol. The van der Waals surface area contributed by atoms with Crippen LogP contribution in [-0.4, -0.2) is 73.5 Å². The summed E-state index contributed by atoms with van der Waals surface area (Å²) >= 11 is 1.09. The highest BCUT2D eigenvalue weighted by Gasteiger charge is 2.39. The minimum absolute atomic E-state index is 0. The third-order valence-electron chi connectivity index (χ3n) is 6.65. The van der Waals surface area contributed by atoms with Crippen molar-refractivity contribution in [3.63, 3.8) is 0 Å². The van der Waals surface area contributed by atoms with Crippen molar-refractivity contribution in [1.82, 2.24) is 14.6 Å². The molecule has 2 unspecified atom stereocenters. The maximum atomic E-state index is 15.5. The third kappa shape index (κ3) is 7.50. The van der Waals surface area contributed by atoms with E-state index >= 15 is 4.39 Å². The van der Waals surface area contributed by atoms with Gasteiger partial charge in [0.05, 0.1) is 31.5 Å². The van der Waals surface area contributed by atoms with Crippen LogP contribution in [0.2, 0.25) is 0 Å². The van der Waals surface area contributed by atoms with Crippen LogP contribution in [0.25, 0.3) is 11.1 Å². The Balaban J connectivity index is 0.00000387. The molecule has 5 rings (SSSR count). The number of nitrogens with one attached hydrogen (secondary N) is 1. The molecular formula is C25H29F4N5O5S2. The first-order chi connectivity index (χ1) is 19.2. The molecule has 10 nitrogen and oxygen atoms in total. The quantitative estimate of drug-likeness (QED) is 0.148. The molecule has 3 heterocycles. The van der Waals surface area contributed by atoms with E-state index in [2.05, 4.69) is 25.3 Å². The predicted octanol–water partition coefficient (Wildman–Crippen LogP) is 5.23. The summed E-state index contributed by atoms with van der Waals surface area (Å²) in [6, 6.07) is 9.65. The second-order valence-electron chi connectivity index (χ2n) is 9.06. The van der Waals surface area contributed by atoms with Crippen molar-refractivity contribution in [2.24, 2.45) is 0 Å². The standard InChI is InChI=1S/C25H27F4N5O5S.H2S/c1-32(40-39-31-24-7-10-37-30-24)33-8-6-20-23(15-33)36-11-9-34(20)21-14-19(26)18(13-22(21)35-2)16-4-3-5-17(12-16)38-25(27,28)29;/h3-5,7,10,12-14,20,23H,6,8-9,11,15H2,1-2H3,(H,30,31);1H2. The summed E-state index contributed by atoms with van der Waals surface area (Å²) in [4.78, 5) is 2.08. The average Bonchev–Trinajstić information content (AvgIpc) is 3.45. The molecule has 2 saturated heterocycles. The highest BCUT2D eigenvalue weighted by molar-refractivity contribution is 7.92. The lowest BCUT2D eigenvalue weighted by atomic mass is 9.97. The number of piperidine rings is 1. The molecule has 224 valence electrons. The Labute approximate surface area is 245 Å². The number of aromatic nitrogens is 1. The van der Waals surface area contributed by atoms with Crippen LogP contribution in [0.5, 0.6) is 11.5 Å². The van der Waals surface area contributed by atoms with E-state index < -0.39 is 17.9 Å². The van der Waals surface area contributed by atoms with Crippen LogP contribution in [0.1, 0.15) is 6.42 Å². The fraction of sp³-hybridized carbons (Fsp3) is 0.400. The van der Waals surface area contributed by atoms with Crippen molar-refractivity contribution in [2.45, 2.75) is 24.9 Å². The fourth-order valence-electron chi connectivity index (χ4n) is 4.87. The number of benzene rings is 2. The van der Waals surface area contributed by atoms with Gasteiger partial charge in [-0.05, 0) is 30.2 Å². The van der Waals surface area contributed by atoms with E-state index in [0.717, 1.165) is 30.8 Å². The molecule has 2 aromatic carbocycles. The summed E-state index contributed by atoms with van der Waals surface area (Å²) in [6.07, 6.45) is -2.87. The van der Waals surface area contributed by atoms with Crippen molar-refractivity contribution < 1.29 is 40.6 Å².